The number of rotatable bonds is 2. The smallest absolute Gasteiger partial charge is 0.557 e. The molecule has 0 radical (unpaired) electrons. The van der Waals surface area contributed by atoms with E-state index in [2.05, 4.69) is 13.6 Å². The molecule has 0 fully saturated rings. The summed E-state index contributed by atoms with van der Waals surface area (Å²) in [4.78, 5) is 1.76. The summed E-state index contributed by atoms with van der Waals surface area (Å²) in [5, 5.41) is 0. The Morgan fingerprint density at radius 2 is 1.67 bits per heavy atom. The van der Waals surface area contributed by atoms with Crippen LogP contribution in [0.4, 0.5) is 0 Å². The number of nitrogens with zero attached hydrogens (tertiary/aromatic N) is 1. The van der Waals surface area contributed by atoms with E-state index in [1.165, 1.54) is 5.92 Å². The van der Waals surface area contributed by atoms with Crippen molar-refractivity contribution < 1.29 is 32.7 Å². The van der Waals surface area contributed by atoms with Gasteiger partial charge in [-0.25, -0.2) is 12.5 Å². The Morgan fingerprint density at radius 3 is 1.67 bits per heavy atom. The van der Waals surface area contributed by atoms with Crippen molar-refractivity contribution in [2.45, 2.75) is 27.7 Å². The van der Waals surface area contributed by atoms with Gasteiger partial charge in [-0.2, -0.15) is 19.5 Å². The predicted molar refractivity (Wildman–Crippen MR) is 52.5 cm³/mol. The van der Waals surface area contributed by atoms with Crippen LogP contribution in [0.5, 0.6) is 0 Å². The van der Waals surface area contributed by atoms with Crippen LogP contribution in [0, 0.1) is 19.4 Å². The van der Waals surface area contributed by atoms with Crippen LogP contribution < -0.4 is 0 Å². The van der Waals surface area contributed by atoms with Crippen LogP contribution in [-0.4, -0.2) is 11.9 Å². The van der Waals surface area contributed by atoms with Gasteiger partial charge in [0.15, 0.2) is 0 Å². The van der Waals surface area contributed by atoms with E-state index in [1.807, 2.05) is 41.2 Å². The molecule has 0 aromatic rings. The third kappa shape index (κ3) is 13.1. The zero-order valence-electron chi connectivity index (χ0n) is 9.02. The number of hydrogen-bond acceptors (Lipinski definition) is 1. The van der Waals surface area contributed by atoms with Crippen molar-refractivity contribution in [3.05, 3.63) is 31.7 Å². The monoisotopic (exact) mass is 243 g/mol. The molecule has 0 aromatic heterocycles. The minimum absolute atomic E-state index is 0. The zero-order valence-corrected chi connectivity index (χ0v) is 11.9. The Morgan fingerprint density at radius 1 is 1.42 bits per heavy atom. The van der Waals surface area contributed by atoms with E-state index in [9.17, 15) is 0 Å². The second kappa shape index (κ2) is 11.5. The largest absolute Gasteiger partial charge is 3.00 e. The summed E-state index contributed by atoms with van der Waals surface area (Å²) < 4.78 is 0. The van der Waals surface area contributed by atoms with Gasteiger partial charge in [0.1, 0.15) is 0 Å². The van der Waals surface area contributed by atoms with Crippen LogP contribution in [0.3, 0.4) is 0 Å². The molecule has 0 aliphatic rings. The maximum absolute atomic E-state index is 3.78. The second-order valence-corrected chi connectivity index (χ2v) is 2.72. The summed E-state index contributed by atoms with van der Waals surface area (Å²) >= 11 is 0. The first-order chi connectivity index (χ1) is 4.97. The third-order valence-electron chi connectivity index (χ3n) is 1.04. The summed E-state index contributed by atoms with van der Waals surface area (Å²) in [5.41, 5.74) is 0.991. The maximum Gasteiger partial charge on any atom is 3.00 e. The Balaban J connectivity index is -0.000000177. The molecule has 0 heterocycles. The normalized spacial score (nSPS) is 7.17. The molecule has 0 unspecified atom stereocenters. The van der Waals surface area contributed by atoms with Crippen molar-refractivity contribution in [2.24, 2.45) is 0 Å². The van der Waals surface area contributed by atoms with Crippen LogP contribution >= 0.6 is 0 Å². The molecular formula is C10H20NY. The van der Waals surface area contributed by atoms with Crippen molar-refractivity contribution in [1.82, 2.24) is 4.90 Å². The topological polar surface area (TPSA) is 3.24 Å². The Hall–Kier alpha value is 0.514. The standard InChI is InChI=1S/C7H13N.C3H7.Y/c1-6(2)7(3)8(4)5;1-3-2;/h3-4H2,1-2,5H3;3H,1-2H3;/q-2;-1;+3. The molecule has 0 amide bonds. The molecule has 0 N–H and O–H groups in total. The summed E-state index contributed by atoms with van der Waals surface area (Å²) in [7, 11) is 5.56. The Bertz CT molecular complexity index is 88.0. The third-order valence-corrected chi connectivity index (χ3v) is 1.04. The van der Waals surface area contributed by atoms with E-state index in [1.54, 1.807) is 4.90 Å². The van der Waals surface area contributed by atoms with Gasteiger partial charge in [0.05, 0.1) is 0 Å². The van der Waals surface area contributed by atoms with Crippen molar-refractivity contribution in [3.8, 4) is 0 Å². The van der Waals surface area contributed by atoms with Crippen molar-refractivity contribution in [2.75, 3.05) is 7.05 Å². The Labute approximate surface area is 103 Å². The number of hydrogen-bond donors (Lipinski definition) is 0. The molecule has 1 nitrogen and oxygen atoms in total. The molecule has 0 spiro atoms. The van der Waals surface area contributed by atoms with Crippen LogP contribution in [-0.2, 0) is 32.7 Å². The van der Waals surface area contributed by atoms with Crippen LogP contribution in [0.2, 0.25) is 0 Å². The minimum Gasteiger partial charge on any atom is -0.557 e. The average molecular weight is 243 g/mol. The van der Waals surface area contributed by atoms with Gasteiger partial charge in [0.25, 0.3) is 0 Å². The Kier molecular flexibility index (Phi) is 17.6. The van der Waals surface area contributed by atoms with E-state index in [0.29, 0.717) is 0 Å². The van der Waals surface area contributed by atoms with E-state index < -0.39 is 0 Å². The molecule has 0 atom stereocenters. The van der Waals surface area contributed by atoms with Gasteiger partial charge in [-0.15, -0.1) is 13.8 Å². The first kappa shape index (κ1) is 18.3. The molecule has 68 valence electrons. The molecule has 0 saturated heterocycles. The van der Waals surface area contributed by atoms with Crippen LogP contribution in [0.15, 0.2) is 12.3 Å². The van der Waals surface area contributed by atoms with Gasteiger partial charge in [0.2, 0.25) is 0 Å². The fourth-order valence-corrected chi connectivity index (χ4v) is 0.382. The van der Waals surface area contributed by atoms with Gasteiger partial charge >= 0.3 is 32.7 Å². The van der Waals surface area contributed by atoms with E-state index >= 15 is 0 Å². The van der Waals surface area contributed by atoms with Gasteiger partial charge in [-0.05, 0) is 7.05 Å². The van der Waals surface area contributed by atoms with E-state index in [4.69, 9.17) is 0 Å². The molecular weight excluding hydrogens is 223 g/mol. The molecule has 12 heavy (non-hydrogen) atoms. The van der Waals surface area contributed by atoms with Gasteiger partial charge in [0, 0.05) is 0 Å². The summed E-state index contributed by atoms with van der Waals surface area (Å²) in [6.45, 7) is 11.8. The molecule has 0 saturated carbocycles. The van der Waals surface area contributed by atoms with Gasteiger partial charge < -0.3 is 11.3 Å². The van der Waals surface area contributed by atoms with Gasteiger partial charge in [-0.1, -0.05) is 0 Å². The first-order valence-corrected chi connectivity index (χ1v) is 3.75. The number of allylic oxidation sites excluding steroid dienone is 1. The van der Waals surface area contributed by atoms with Crippen molar-refractivity contribution >= 4 is 0 Å². The van der Waals surface area contributed by atoms with E-state index in [0.717, 1.165) is 5.70 Å². The molecule has 0 bridgehead atoms. The second-order valence-electron chi connectivity index (χ2n) is 2.72. The fraction of sp³-hybridized carbons (Fsp3) is 0.500. The minimum atomic E-state index is 0. The SMILES string of the molecule is C=C([C-](C)C)N([CH2-])C.C[CH-]C.[Y+3]. The maximum atomic E-state index is 3.78. The molecule has 0 rings (SSSR count). The fourth-order valence-electron chi connectivity index (χ4n) is 0.382. The molecule has 0 aromatic carbocycles. The first-order valence-electron chi connectivity index (χ1n) is 3.75. The zero-order chi connectivity index (χ0) is 9.44. The predicted octanol–water partition coefficient (Wildman–Crippen LogP) is 3.07. The quantitative estimate of drug-likeness (QED) is 0.674. The van der Waals surface area contributed by atoms with Crippen molar-refractivity contribution in [1.29, 1.82) is 0 Å². The summed E-state index contributed by atoms with van der Waals surface area (Å²) in [6, 6.07) is 0. The molecule has 0 aliphatic heterocycles. The van der Waals surface area contributed by atoms with E-state index in [-0.39, 0.29) is 32.7 Å². The summed E-state index contributed by atoms with van der Waals surface area (Å²) in [5.74, 6) is 1.21. The molecule has 0 aliphatic carbocycles. The summed E-state index contributed by atoms with van der Waals surface area (Å²) in [6.07, 6.45) is 2.00. The van der Waals surface area contributed by atoms with Crippen LogP contribution in [0.25, 0.3) is 0 Å². The average Bonchev–Trinajstić information content (AvgIpc) is 1.87. The van der Waals surface area contributed by atoms with Crippen molar-refractivity contribution in [3.63, 3.8) is 0 Å². The molecule has 2 heteroatoms. The van der Waals surface area contributed by atoms with Crippen LogP contribution in [0.1, 0.15) is 27.7 Å². The van der Waals surface area contributed by atoms with Gasteiger partial charge in [-0.3, -0.25) is 7.05 Å².